The third-order valence-electron chi connectivity index (χ3n) is 4.57. The van der Waals surface area contributed by atoms with Crippen molar-refractivity contribution >= 4 is 44.3 Å². The molecule has 0 aliphatic carbocycles. The monoisotopic (exact) mass is 453 g/mol. The summed E-state index contributed by atoms with van der Waals surface area (Å²) in [6.07, 6.45) is 3.81. The molecular weight excluding hydrogens is 434 g/mol. The number of aryl methyl sites for hydroxylation is 1. The number of hydrogen-bond donors (Lipinski definition) is 2. The maximum absolute atomic E-state index is 12.8. The van der Waals surface area contributed by atoms with Crippen molar-refractivity contribution in [3.63, 3.8) is 0 Å². The number of carbonyl (C=O) groups is 1. The van der Waals surface area contributed by atoms with Gasteiger partial charge in [0.15, 0.2) is 0 Å². The molecule has 4 aromatic rings. The molecule has 0 saturated heterocycles. The van der Waals surface area contributed by atoms with Crippen molar-refractivity contribution in [3.05, 3.63) is 76.5 Å². The van der Waals surface area contributed by atoms with Gasteiger partial charge in [0.1, 0.15) is 22.9 Å². The van der Waals surface area contributed by atoms with Crippen LogP contribution in [0.3, 0.4) is 0 Å². The van der Waals surface area contributed by atoms with Crippen LogP contribution in [-0.2, 0) is 6.42 Å². The molecule has 6 nitrogen and oxygen atoms in total. The van der Waals surface area contributed by atoms with Crippen molar-refractivity contribution < 1.29 is 13.6 Å². The van der Waals surface area contributed by atoms with E-state index in [1.807, 2.05) is 50.2 Å². The van der Waals surface area contributed by atoms with Crippen LogP contribution >= 0.6 is 15.9 Å². The number of anilines is 2. The topological polar surface area (TPSA) is 80.3 Å². The third kappa shape index (κ3) is 4.35. The number of pyridine rings is 1. The highest BCUT2D eigenvalue weighted by molar-refractivity contribution is 9.10. The number of carbonyl (C=O) groups excluding carboxylic acids is 1. The lowest BCUT2D eigenvalue weighted by atomic mass is 10.2. The molecule has 7 heteroatoms. The second-order valence-electron chi connectivity index (χ2n) is 6.94. The van der Waals surface area contributed by atoms with Crippen molar-refractivity contribution in [3.8, 4) is 0 Å². The van der Waals surface area contributed by atoms with Gasteiger partial charge in [-0.25, -0.2) is 4.98 Å². The van der Waals surface area contributed by atoms with Gasteiger partial charge in [-0.05, 0) is 55.8 Å². The van der Waals surface area contributed by atoms with Gasteiger partial charge in [-0.3, -0.25) is 4.79 Å². The molecule has 0 unspecified atom stereocenters. The molecule has 0 bridgehead atoms. The lowest BCUT2D eigenvalue weighted by Gasteiger charge is -2.14. The molecule has 0 spiro atoms. The first-order valence-corrected chi connectivity index (χ1v) is 10.0. The molecule has 3 heterocycles. The first-order valence-electron chi connectivity index (χ1n) is 9.24. The Morgan fingerprint density at radius 1 is 1.17 bits per heavy atom. The first kappa shape index (κ1) is 19.3. The van der Waals surface area contributed by atoms with Gasteiger partial charge in [-0.15, -0.1) is 0 Å². The largest absolute Gasteiger partial charge is 0.469 e. The van der Waals surface area contributed by atoms with Crippen LogP contribution in [0.1, 0.15) is 28.7 Å². The van der Waals surface area contributed by atoms with Crippen LogP contribution in [0.15, 0.2) is 68.3 Å². The molecule has 0 saturated carbocycles. The number of amides is 1. The van der Waals surface area contributed by atoms with Crippen molar-refractivity contribution in [2.45, 2.75) is 26.3 Å². The highest BCUT2D eigenvalue weighted by atomic mass is 79.9. The third-order valence-corrected chi connectivity index (χ3v) is 5.46. The summed E-state index contributed by atoms with van der Waals surface area (Å²) in [6, 6.07) is 13.0. The highest BCUT2D eigenvalue weighted by Gasteiger charge is 2.17. The van der Waals surface area contributed by atoms with Gasteiger partial charge in [0.2, 0.25) is 0 Å². The van der Waals surface area contributed by atoms with Gasteiger partial charge in [0.25, 0.3) is 5.91 Å². The molecule has 3 aromatic heterocycles. The van der Waals surface area contributed by atoms with Gasteiger partial charge in [0.05, 0.1) is 17.9 Å². The van der Waals surface area contributed by atoms with Crippen LogP contribution in [-0.4, -0.2) is 16.9 Å². The van der Waals surface area contributed by atoms with Crippen LogP contribution < -0.4 is 10.6 Å². The van der Waals surface area contributed by atoms with Gasteiger partial charge >= 0.3 is 0 Å². The molecule has 1 amide bonds. The summed E-state index contributed by atoms with van der Waals surface area (Å²) in [4.78, 5) is 17.3. The summed E-state index contributed by atoms with van der Waals surface area (Å²) in [5.74, 6) is 1.12. The lowest BCUT2D eigenvalue weighted by molar-refractivity contribution is 0.0934. The van der Waals surface area contributed by atoms with Crippen molar-refractivity contribution in [2.24, 2.45) is 0 Å². The summed E-state index contributed by atoms with van der Waals surface area (Å²) >= 11 is 3.50. The van der Waals surface area contributed by atoms with Crippen LogP contribution in [0.4, 0.5) is 11.5 Å². The first-order chi connectivity index (χ1) is 14.0. The molecule has 0 fully saturated rings. The SMILES string of the molecule is Cc1cc(Nc2nc(C(=O)N[C@@H](C)Cc3ccco3)cc3occc23)ccc1Br. The fourth-order valence-corrected chi connectivity index (χ4v) is 3.36. The Bertz CT molecular complexity index is 1150. The molecule has 1 aromatic carbocycles. The Labute approximate surface area is 176 Å². The molecule has 1 atom stereocenters. The Hall–Kier alpha value is -3.06. The smallest absolute Gasteiger partial charge is 0.270 e. The number of furan rings is 2. The fourth-order valence-electron chi connectivity index (χ4n) is 3.12. The summed E-state index contributed by atoms with van der Waals surface area (Å²) in [7, 11) is 0. The zero-order valence-corrected chi connectivity index (χ0v) is 17.6. The van der Waals surface area contributed by atoms with Crippen LogP contribution in [0.2, 0.25) is 0 Å². The van der Waals surface area contributed by atoms with E-state index in [9.17, 15) is 4.79 Å². The van der Waals surface area contributed by atoms with Crippen LogP contribution in [0.25, 0.3) is 11.0 Å². The van der Waals surface area contributed by atoms with Crippen molar-refractivity contribution in [1.82, 2.24) is 10.3 Å². The van der Waals surface area contributed by atoms with E-state index in [2.05, 4.69) is 31.5 Å². The summed E-state index contributed by atoms with van der Waals surface area (Å²) in [5, 5.41) is 7.07. The summed E-state index contributed by atoms with van der Waals surface area (Å²) < 4.78 is 11.9. The number of nitrogens with one attached hydrogen (secondary N) is 2. The Morgan fingerprint density at radius 2 is 2.03 bits per heavy atom. The number of fused-ring (bicyclic) bond motifs is 1. The van der Waals surface area contributed by atoms with Crippen molar-refractivity contribution in [1.29, 1.82) is 0 Å². The number of benzene rings is 1. The minimum absolute atomic E-state index is 0.103. The Kier molecular flexibility index (Phi) is 5.40. The van der Waals surface area contributed by atoms with E-state index in [-0.39, 0.29) is 17.6 Å². The number of halogens is 1. The maximum atomic E-state index is 12.8. The second-order valence-corrected chi connectivity index (χ2v) is 7.79. The molecular formula is C22H20BrN3O3. The average Bonchev–Trinajstić information content (AvgIpc) is 3.36. The molecule has 29 heavy (non-hydrogen) atoms. The summed E-state index contributed by atoms with van der Waals surface area (Å²) in [5.41, 5.74) is 2.86. The zero-order chi connectivity index (χ0) is 20.4. The standard InChI is InChI=1S/C22H20BrN3O3/c1-13-10-15(5-6-18(13)23)25-21-17-7-9-29-20(17)12-19(26-21)22(27)24-14(2)11-16-4-3-8-28-16/h3-10,12,14H,11H2,1-2H3,(H,24,27)(H,25,26)/t14-/m0/s1. The Morgan fingerprint density at radius 3 is 2.79 bits per heavy atom. The minimum Gasteiger partial charge on any atom is -0.469 e. The summed E-state index contributed by atoms with van der Waals surface area (Å²) in [6.45, 7) is 3.94. The van der Waals surface area contributed by atoms with E-state index < -0.39 is 0 Å². The quantitative estimate of drug-likeness (QED) is 0.397. The number of hydrogen-bond acceptors (Lipinski definition) is 5. The second kappa shape index (κ2) is 8.13. The van der Waals surface area contributed by atoms with Crippen LogP contribution in [0, 0.1) is 6.92 Å². The van der Waals surface area contributed by atoms with E-state index in [1.54, 1.807) is 18.6 Å². The molecule has 0 radical (unpaired) electrons. The molecule has 4 rings (SSSR count). The Balaban J connectivity index is 1.58. The number of rotatable bonds is 6. The van der Waals surface area contributed by atoms with Gasteiger partial charge < -0.3 is 19.5 Å². The average molecular weight is 454 g/mol. The molecule has 0 aliphatic rings. The van der Waals surface area contributed by atoms with Crippen molar-refractivity contribution in [2.75, 3.05) is 5.32 Å². The molecule has 2 N–H and O–H groups in total. The fraction of sp³-hybridized carbons (Fsp3) is 0.182. The van der Waals surface area contributed by atoms with Gasteiger partial charge in [-0.2, -0.15) is 0 Å². The normalized spacial score (nSPS) is 12.1. The maximum Gasteiger partial charge on any atom is 0.270 e. The predicted molar refractivity (Wildman–Crippen MR) is 116 cm³/mol. The molecule has 0 aliphatic heterocycles. The van der Waals surface area contributed by atoms with Gasteiger partial charge in [0, 0.05) is 28.7 Å². The van der Waals surface area contributed by atoms with E-state index in [1.165, 1.54) is 0 Å². The van der Waals surface area contributed by atoms with Gasteiger partial charge in [-0.1, -0.05) is 15.9 Å². The lowest BCUT2D eigenvalue weighted by Crippen LogP contribution is -2.34. The van der Waals surface area contributed by atoms with E-state index in [4.69, 9.17) is 8.83 Å². The molecule has 148 valence electrons. The number of nitrogens with zero attached hydrogens (tertiary/aromatic N) is 1. The number of aromatic nitrogens is 1. The van der Waals surface area contributed by atoms with E-state index in [0.29, 0.717) is 17.8 Å². The van der Waals surface area contributed by atoms with Crippen LogP contribution in [0.5, 0.6) is 0 Å². The zero-order valence-electron chi connectivity index (χ0n) is 16.0. The van der Waals surface area contributed by atoms with E-state index >= 15 is 0 Å². The predicted octanol–water partition coefficient (Wildman–Crippen LogP) is 5.60. The highest BCUT2D eigenvalue weighted by Crippen LogP contribution is 2.28. The van der Waals surface area contributed by atoms with E-state index in [0.717, 1.165) is 26.9 Å². The minimum atomic E-state index is -0.266.